The molecule has 4 rings (SSSR count). The Kier molecular flexibility index (Phi) is 4.93. The molecule has 5 nitrogen and oxygen atoms in total. The van der Waals surface area contributed by atoms with Gasteiger partial charge in [-0.3, -0.25) is 0 Å². The Morgan fingerprint density at radius 2 is 1.86 bits per heavy atom. The van der Waals surface area contributed by atoms with Gasteiger partial charge in [-0.05, 0) is 57.0 Å². The van der Waals surface area contributed by atoms with Crippen molar-refractivity contribution in [3.63, 3.8) is 0 Å². The van der Waals surface area contributed by atoms with Crippen LogP contribution in [-0.2, 0) is 16.4 Å². The maximum atomic E-state index is 14.2. The molecule has 0 unspecified atom stereocenters. The number of halogens is 1. The fourth-order valence-electron chi connectivity index (χ4n) is 4.50. The lowest BCUT2D eigenvalue weighted by atomic mass is 9.99. The molecule has 1 heterocycles. The van der Waals surface area contributed by atoms with Crippen LogP contribution in [0.5, 0.6) is 0 Å². The minimum Gasteiger partial charge on any atom is -0.398 e. The summed E-state index contributed by atoms with van der Waals surface area (Å²) in [7, 11) is -1.60. The highest BCUT2D eigenvalue weighted by Gasteiger charge is 2.58. The number of nitrogens with zero attached hydrogens (tertiary/aromatic N) is 2. The molecule has 7 heteroatoms. The summed E-state index contributed by atoms with van der Waals surface area (Å²) >= 11 is 0. The van der Waals surface area contributed by atoms with Gasteiger partial charge in [0, 0.05) is 35.9 Å². The maximum absolute atomic E-state index is 14.2. The zero-order chi connectivity index (χ0) is 19.9. The van der Waals surface area contributed by atoms with E-state index in [1.807, 2.05) is 13.1 Å². The molecule has 1 saturated carbocycles. The molecule has 2 N–H and O–H groups in total. The quantitative estimate of drug-likeness (QED) is 0.780. The van der Waals surface area contributed by atoms with Crippen LogP contribution in [0.3, 0.4) is 0 Å². The summed E-state index contributed by atoms with van der Waals surface area (Å²) in [5, 5.41) is 0. The van der Waals surface area contributed by atoms with Crippen molar-refractivity contribution >= 4 is 15.7 Å². The summed E-state index contributed by atoms with van der Waals surface area (Å²) in [5.74, 6) is -0.331. The van der Waals surface area contributed by atoms with Gasteiger partial charge >= 0.3 is 0 Å². The van der Waals surface area contributed by atoms with E-state index >= 15 is 0 Å². The normalized spacial score (nSPS) is 22.4. The number of nitrogens with two attached hydrogens (primary N) is 1. The van der Waals surface area contributed by atoms with E-state index in [2.05, 4.69) is 4.90 Å². The number of nitrogen functional groups attached to an aromatic ring is 1. The predicted octanol–water partition coefficient (Wildman–Crippen LogP) is 2.88. The van der Waals surface area contributed by atoms with Crippen LogP contribution in [-0.4, -0.2) is 49.3 Å². The van der Waals surface area contributed by atoms with Crippen LogP contribution >= 0.6 is 0 Å². The fourth-order valence-corrected chi connectivity index (χ4v) is 6.54. The molecule has 2 aromatic rings. The standard InChI is InChI=1S/C21H26FN3O2S/c1-24-14-16(10-11-18-19(22)8-5-9-20(18)23)25(21(15-24)12-13-21)28(26,27)17-6-3-2-4-7-17/h2-9,16H,10-15,23H2,1H3/t16-/m0/s1. The van der Waals surface area contributed by atoms with E-state index in [1.165, 1.54) is 6.07 Å². The van der Waals surface area contributed by atoms with E-state index in [1.54, 1.807) is 40.7 Å². The molecule has 1 atom stereocenters. The Bertz CT molecular complexity index is 941. The average molecular weight is 404 g/mol. The number of likely N-dealkylation sites (N-methyl/N-ethyl adjacent to an activating group) is 1. The second kappa shape index (κ2) is 7.13. The highest BCUT2D eigenvalue weighted by atomic mass is 32.2. The third kappa shape index (κ3) is 3.43. The van der Waals surface area contributed by atoms with Gasteiger partial charge in [0.2, 0.25) is 10.0 Å². The molecule has 0 bridgehead atoms. The first-order chi connectivity index (χ1) is 13.3. The molecule has 1 aliphatic carbocycles. The molecular weight excluding hydrogens is 377 g/mol. The first-order valence-electron chi connectivity index (χ1n) is 9.64. The SMILES string of the molecule is CN1C[C@H](CCc2c(N)cccc2F)N(S(=O)(=O)c2ccccc2)C2(CC2)C1. The Labute approximate surface area is 166 Å². The first-order valence-corrected chi connectivity index (χ1v) is 11.1. The minimum absolute atomic E-state index is 0.217. The molecule has 2 aromatic carbocycles. The molecule has 150 valence electrons. The summed E-state index contributed by atoms with van der Waals surface area (Å²) in [6.45, 7) is 1.36. The molecule has 2 fully saturated rings. The van der Waals surface area contributed by atoms with E-state index in [0.29, 0.717) is 35.5 Å². The first kappa shape index (κ1) is 19.4. The molecule has 1 aliphatic heterocycles. The highest BCUT2D eigenvalue weighted by molar-refractivity contribution is 7.89. The number of piperazine rings is 1. The molecule has 28 heavy (non-hydrogen) atoms. The predicted molar refractivity (Wildman–Crippen MR) is 108 cm³/mol. The number of anilines is 1. The minimum atomic E-state index is -3.62. The van der Waals surface area contributed by atoms with Crippen LogP contribution < -0.4 is 5.73 Å². The number of hydrogen-bond acceptors (Lipinski definition) is 4. The van der Waals surface area contributed by atoms with Crippen LogP contribution in [0, 0.1) is 5.82 Å². The summed E-state index contributed by atoms with van der Waals surface area (Å²) in [5.41, 5.74) is 6.51. The number of benzene rings is 2. The van der Waals surface area contributed by atoms with Gasteiger partial charge in [0.25, 0.3) is 0 Å². The zero-order valence-electron chi connectivity index (χ0n) is 16.0. The highest BCUT2D eigenvalue weighted by Crippen LogP contribution is 2.49. The van der Waals surface area contributed by atoms with Gasteiger partial charge in [0.15, 0.2) is 0 Å². The van der Waals surface area contributed by atoms with Crippen molar-refractivity contribution < 1.29 is 12.8 Å². The second-order valence-electron chi connectivity index (χ2n) is 8.04. The van der Waals surface area contributed by atoms with Crippen molar-refractivity contribution in [2.75, 3.05) is 25.9 Å². The van der Waals surface area contributed by atoms with Crippen LogP contribution in [0.2, 0.25) is 0 Å². The van der Waals surface area contributed by atoms with Gasteiger partial charge in [-0.25, -0.2) is 12.8 Å². The van der Waals surface area contributed by atoms with Crippen molar-refractivity contribution in [1.82, 2.24) is 9.21 Å². The molecule has 2 aliphatic rings. The largest absolute Gasteiger partial charge is 0.398 e. The van der Waals surface area contributed by atoms with Crippen LogP contribution in [0.1, 0.15) is 24.8 Å². The van der Waals surface area contributed by atoms with Crippen LogP contribution in [0.4, 0.5) is 10.1 Å². The van der Waals surface area contributed by atoms with Crippen molar-refractivity contribution in [2.45, 2.75) is 42.2 Å². The lowest BCUT2D eigenvalue weighted by Crippen LogP contribution is -2.61. The summed E-state index contributed by atoms with van der Waals surface area (Å²) in [6.07, 6.45) is 2.67. The molecular formula is C21H26FN3O2S. The lowest BCUT2D eigenvalue weighted by molar-refractivity contribution is 0.0858. The van der Waals surface area contributed by atoms with Crippen molar-refractivity contribution in [1.29, 1.82) is 0 Å². The second-order valence-corrected chi connectivity index (χ2v) is 9.85. The smallest absolute Gasteiger partial charge is 0.243 e. The van der Waals surface area contributed by atoms with Crippen molar-refractivity contribution in [3.05, 3.63) is 59.9 Å². The number of rotatable bonds is 5. The lowest BCUT2D eigenvalue weighted by Gasteiger charge is -2.45. The van der Waals surface area contributed by atoms with Gasteiger partial charge in [-0.1, -0.05) is 24.3 Å². The van der Waals surface area contributed by atoms with Crippen LogP contribution in [0.15, 0.2) is 53.4 Å². The van der Waals surface area contributed by atoms with E-state index in [4.69, 9.17) is 5.73 Å². The van der Waals surface area contributed by atoms with Gasteiger partial charge < -0.3 is 10.6 Å². The summed E-state index contributed by atoms with van der Waals surface area (Å²) < 4.78 is 43.0. The number of sulfonamides is 1. The van der Waals surface area contributed by atoms with Crippen molar-refractivity contribution in [2.24, 2.45) is 0 Å². The Balaban J connectivity index is 1.66. The topological polar surface area (TPSA) is 66.6 Å². The summed E-state index contributed by atoms with van der Waals surface area (Å²) in [4.78, 5) is 2.51. The molecule has 0 aromatic heterocycles. The Morgan fingerprint density at radius 3 is 2.50 bits per heavy atom. The van der Waals surface area contributed by atoms with E-state index in [-0.39, 0.29) is 17.4 Å². The van der Waals surface area contributed by atoms with Crippen LogP contribution in [0.25, 0.3) is 0 Å². The maximum Gasteiger partial charge on any atom is 0.243 e. The molecule has 0 radical (unpaired) electrons. The molecule has 0 amide bonds. The molecule has 1 saturated heterocycles. The van der Waals surface area contributed by atoms with Gasteiger partial charge in [0.1, 0.15) is 5.82 Å². The van der Waals surface area contributed by atoms with E-state index < -0.39 is 10.0 Å². The van der Waals surface area contributed by atoms with Crippen molar-refractivity contribution in [3.8, 4) is 0 Å². The van der Waals surface area contributed by atoms with Gasteiger partial charge in [-0.15, -0.1) is 0 Å². The third-order valence-electron chi connectivity index (χ3n) is 5.90. The fraction of sp³-hybridized carbons (Fsp3) is 0.429. The van der Waals surface area contributed by atoms with E-state index in [9.17, 15) is 12.8 Å². The number of hydrogen-bond donors (Lipinski definition) is 1. The summed E-state index contributed by atoms with van der Waals surface area (Å²) in [6, 6.07) is 13.1. The Hall–Kier alpha value is -1.96. The third-order valence-corrected chi connectivity index (χ3v) is 7.97. The Morgan fingerprint density at radius 1 is 1.14 bits per heavy atom. The zero-order valence-corrected chi connectivity index (χ0v) is 16.8. The average Bonchev–Trinajstić information content (AvgIpc) is 3.40. The van der Waals surface area contributed by atoms with Gasteiger partial charge in [-0.2, -0.15) is 4.31 Å². The monoisotopic (exact) mass is 403 g/mol. The molecule has 1 spiro atoms. The van der Waals surface area contributed by atoms with E-state index in [0.717, 1.165) is 19.4 Å². The van der Waals surface area contributed by atoms with Gasteiger partial charge in [0.05, 0.1) is 4.90 Å².